The third kappa shape index (κ3) is 19.2. The van der Waals surface area contributed by atoms with Crippen molar-refractivity contribution in [2.45, 2.75) is 0 Å². The van der Waals surface area contributed by atoms with E-state index in [1.165, 1.54) is 0 Å². The van der Waals surface area contributed by atoms with Crippen LogP contribution >= 0.6 is 0 Å². The van der Waals surface area contributed by atoms with E-state index in [2.05, 4.69) is 0 Å². The van der Waals surface area contributed by atoms with E-state index in [1.807, 2.05) is 0 Å². The predicted octanol–water partition coefficient (Wildman–Crippen LogP) is -0.703. The molecule has 0 fully saturated rings. The molecule has 0 aromatic rings. The van der Waals surface area contributed by atoms with Crippen LogP contribution in [0.2, 0.25) is 0 Å². The van der Waals surface area contributed by atoms with E-state index < -0.39 is 0 Å². The van der Waals surface area contributed by atoms with Gasteiger partial charge < -0.3 is 0 Å². The van der Waals surface area contributed by atoms with Gasteiger partial charge in [0.2, 0.25) is 0 Å². The fraction of sp³-hybridized carbons (Fsp3) is 0. The summed E-state index contributed by atoms with van der Waals surface area (Å²) >= 11 is 0.250. The summed E-state index contributed by atoms with van der Waals surface area (Å²) in [6.07, 6.45) is 0. The van der Waals surface area contributed by atoms with Gasteiger partial charge in [0.15, 0.2) is 0 Å². The molecule has 0 aliphatic heterocycles. The second kappa shape index (κ2) is 15.7. The molecular formula is H4K2N2S. The molecule has 2 nitrogen and oxygen atoms in total. The molecule has 5 heavy (non-hydrogen) atoms. The van der Waals surface area contributed by atoms with Crippen molar-refractivity contribution in [3.63, 3.8) is 0 Å². The maximum atomic E-state index is 5.79. The van der Waals surface area contributed by atoms with E-state index in [0.717, 1.165) is 0 Å². The Hall–Kier alpha value is 3.09. The van der Waals surface area contributed by atoms with Gasteiger partial charge in [-0.25, -0.2) is 9.56 Å². The summed E-state index contributed by atoms with van der Waals surface area (Å²) in [6, 6.07) is 0. The van der Waals surface area contributed by atoms with Crippen LogP contribution in [-0.4, -0.2) is 103 Å². The van der Waals surface area contributed by atoms with Crippen LogP contribution in [0.25, 0.3) is 0 Å². The van der Waals surface area contributed by atoms with Gasteiger partial charge in [0.05, 0.1) is 11.4 Å². The molecule has 0 saturated heterocycles. The summed E-state index contributed by atoms with van der Waals surface area (Å²) in [7, 11) is 0. The minimum atomic E-state index is 0. The first-order valence-electron chi connectivity index (χ1n) is 0.408. The Kier molecular flexibility index (Phi) is 49.3. The average molecular weight is 142 g/mol. The second-order valence-corrected chi connectivity index (χ2v) is 0.306. The molecule has 0 unspecified atom stereocenters. The summed E-state index contributed by atoms with van der Waals surface area (Å²) in [5.41, 5.74) is 0. The van der Waals surface area contributed by atoms with Gasteiger partial charge in [0, 0.05) is 0 Å². The zero-order valence-electron chi connectivity index (χ0n) is 1.41. The zero-order valence-corrected chi connectivity index (χ0v) is 2.22. The molecule has 0 aromatic heterocycles. The predicted molar refractivity (Wildman–Crippen MR) is 27.1 cm³/mol. The summed E-state index contributed by atoms with van der Waals surface area (Å²) < 4.78 is 11.6. The molecule has 0 heterocycles. The Morgan fingerprint density at radius 1 is 1.00 bits per heavy atom. The van der Waals surface area contributed by atoms with Gasteiger partial charge in [-0.3, -0.25) is 0 Å². The monoisotopic (exact) mass is 142 g/mol. The first-order valence-corrected chi connectivity index (χ1v) is 1.22. The number of rotatable bonds is 0. The van der Waals surface area contributed by atoms with Crippen LogP contribution in [0, 0.1) is 9.56 Å². The Bertz CT molecular complexity index is 28.6. The Balaban J connectivity index is -0.0000000200. The molecule has 0 aliphatic rings. The third-order valence-electron chi connectivity index (χ3n) is 0. The second-order valence-electron chi connectivity index (χ2n) is 0.102. The fourth-order valence-corrected chi connectivity index (χ4v) is 0. The molecule has 0 radical (unpaired) electrons. The molecule has 0 spiro atoms. The zero-order chi connectivity index (χ0) is 2.71. The van der Waals surface area contributed by atoms with E-state index in [0.29, 0.717) is 0 Å². The quantitative estimate of drug-likeness (QED) is 0.420. The Labute approximate surface area is 120 Å². The Morgan fingerprint density at radius 2 is 1.00 bits per heavy atom. The van der Waals surface area contributed by atoms with Crippen molar-refractivity contribution < 1.29 is 0 Å². The van der Waals surface area contributed by atoms with Crippen LogP contribution in [0.1, 0.15) is 0 Å². The molecule has 0 bridgehead atoms. The molecule has 0 aliphatic carbocycles. The molecule has 2 N–H and O–H groups in total. The minimum absolute atomic E-state index is 0. The van der Waals surface area contributed by atoms with Gasteiger partial charge in [-0.15, -0.1) is 0 Å². The van der Waals surface area contributed by atoms with Gasteiger partial charge in [0.25, 0.3) is 0 Å². The molecule has 0 rings (SSSR count). The van der Waals surface area contributed by atoms with Crippen molar-refractivity contribution in [1.82, 2.24) is 0 Å². The van der Waals surface area contributed by atoms with E-state index in [1.54, 1.807) is 0 Å². The summed E-state index contributed by atoms with van der Waals surface area (Å²) in [5.74, 6) is 0. The van der Waals surface area contributed by atoms with Crippen molar-refractivity contribution in [3.8, 4) is 0 Å². The maximum absolute atomic E-state index is 5.79. The SMILES string of the molecule is N=S=N.[KH].[KH]. The topological polar surface area (TPSA) is 47.7 Å². The van der Waals surface area contributed by atoms with Crippen molar-refractivity contribution >= 4 is 114 Å². The third-order valence-corrected chi connectivity index (χ3v) is 0. The summed E-state index contributed by atoms with van der Waals surface area (Å²) in [6.45, 7) is 0. The molecule has 0 amide bonds. The van der Waals surface area contributed by atoms with Gasteiger partial charge in [-0.2, -0.15) is 0 Å². The van der Waals surface area contributed by atoms with Crippen molar-refractivity contribution in [2.24, 2.45) is 0 Å². The average Bonchev–Trinajstić information content (AvgIpc) is 0.918. The van der Waals surface area contributed by atoms with Gasteiger partial charge in [0.1, 0.15) is 0 Å². The standard InChI is InChI=1S/2K.H2N2S.2H/c;;1-3-2;;/h;;1-2H;;. The molecule has 0 atom stereocenters. The van der Waals surface area contributed by atoms with Crippen molar-refractivity contribution in [1.29, 1.82) is 9.56 Å². The molecular weight excluding hydrogens is 138 g/mol. The summed E-state index contributed by atoms with van der Waals surface area (Å²) in [5, 5.41) is 0. The van der Waals surface area contributed by atoms with Gasteiger partial charge >= 0.3 is 103 Å². The number of hydrogen-bond donors (Lipinski definition) is 2. The van der Waals surface area contributed by atoms with Crippen LogP contribution < -0.4 is 0 Å². The van der Waals surface area contributed by atoms with Crippen LogP contribution in [0.4, 0.5) is 0 Å². The Morgan fingerprint density at radius 3 is 1.00 bits per heavy atom. The van der Waals surface area contributed by atoms with E-state index >= 15 is 0 Å². The van der Waals surface area contributed by atoms with E-state index in [-0.39, 0.29) is 114 Å². The molecule has 22 valence electrons. The first-order chi connectivity index (χ1) is 1.41. The number of nitrogens with one attached hydrogen (secondary N) is 2. The summed E-state index contributed by atoms with van der Waals surface area (Å²) in [4.78, 5) is 0. The molecule has 0 aromatic carbocycles. The number of hydrogen-bond acceptors (Lipinski definition) is 2. The van der Waals surface area contributed by atoms with Crippen LogP contribution in [0.15, 0.2) is 0 Å². The van der Waals surface area contributed by atoms with E-state index in [4.69, 9.17) is 9.56 Å². The van der Waals surface area contributed by atoms with Crippen LogP contribution in [0.3, 0.4) is 0 Å². The van der Waals surface area contributed by atoms with Crippen LogP contribution in [-0.2, 0) is 11.4 Å². The van der Waals surface area contributed by atoms with Gasteiger partial charge in [-0.1, -0.05) is 0 Å². The molecule has 0 saturated carbocycles. The normalized spacial score (nSPS) is 2.40. The van der Waals surface area contributed by atoms with Crippen molar-refractivity contribution in [2.75, 3.05) is 0 Å². The fourth-order valence-electron chi connectivity index (χ4n) is 0. The van der Waals surface area contributed by atoms with Crippen molar-refractivity contribution in [3.05, 3.63) is 0 Å². The van der Waals surface area contributed by atoms with Crippen LogP contribution in [0.5, 0.6) is 0 Å². The van der Waals surface area contributed by atoms with Gasteiger partial charge in [-0.05, 0) is 0 Å². The molecule has 5 heteroatoms. The first kappa shape index (κ1) is 15.7. The van der Waals surface area contributed by atoms with E-state index in [9.17, 15) is 0 Å².